The van der Waals surface area contributed by atoms with Crippen LogP contribution in [0, 0.1) is 18.8 Å². The van der Waals surface area contributed by atoms with Crippen molar-refractivity contribution in [3.05, 3.63) is 40.2 Å². The van der Waals surface area contributed by atoms with E-state index in [1.165, 1.54) is 0 Å². The number of nitrogens with two attached hydrogens (primary N) is 1. The fourth-order valence-electron chi connectivity index (χ4n) is 4.00. The van der Waals surface area contributed by atoms with Crippen LogP contribution in [0.5, 0.6) is 0 Å². The highest BCUT2D eigenvalue weighted by atomic mass is 35.5. The molecule has 0 spiro atoms. The molecule has 3 unspecified atom stereocenters. The minimum atomic E-state index is 0. The third-order valence-electron chi connectivity index (χ3n) is 5.33. The zero-order valence-electron chi connectivity index (χ0n) is 13.6. The van der Waals surface area contributed by atoms with Crippen molar-refractivity contribution in [2.45, 2.75) is 25.8 Å². The predicted octanol–water partition coefficient (Wildman–Crippen LogP) is 3.35. The lowest BCUT2D eigenvalue weighted by Gasteiger charge is -2.19. The lowest BCUT2D eigenvalue weighted by molar-refractivity contribution is 0.0778. The molecule has 2 N–H and O–H groups in total. The summed E-state index contributed by atoms with van der Waals surface area (Å²) in [5.74, 6) is 1.18. The van der Waals surface area contributed by atoms with Gasteiger partial charge >= 0.3 is 0 Å². The lowest BCUT2D eigenvalue weighted by atomic mass is 9.98. The highest BCUT2D eigenvalue weighted by Crippen LogP contribution is 2.37. The Morgan fingerprint density at radius 2 is 2.12 bits per heavy atom. The standard InChI is InChI=1S/C18H21N3OS.ClH/c1-11-14(3-5-17(20-11)13-6-7-23-10-13)18(22)21-8-12-2-4-16(19)15(12)9-21;/h3,5-7,10,12,15-16H,2,4,8-9,19H2,1H3;1H. The maximum absolute atomic E-state index is 12.9. The van der Waals surface area contributed by atoms with E-state index in [0.717, 1.165) is 48.4 Å². The molecule has 1 saturated heterocycles. The monoisotopic (exact) mass is 363 g/mol. The summed E-state index contributed by atoms with van der Waals surface area (Å²) in [7, 11) is 0. The van der Waals surface area contributed by atoms with Crippen LogP contribution in [-0.4, -0.2) is 34.9 Å². The Labute approximate surface area is 152 Å². The number of thiophene rings is 1. The summed E-state index contributed by atoms with van der Waals surface area (Å²) in [6.07, 6.45) is 2.26. The van der Waals surface area contributed by atoms with Crippen molar-refractivity contribution in [3.63, 3.8) is 0 Å². The molecule has 128 valence electrons. The van der Waals surface area contributed by atoms with E-state index >= 15 is 0 Å². The van der Waals surface area contributed by atoms with Gasteiger partial charge in [0.2, 0.25) is 0 Å². The maximum Gasteiger partial charge on any atom is 0.255 e. The Morgan fingerprint density at radius 1 is 1.29 bits per heavy atom. The summed E-state index contributed by atoms with van der Waals surface area (Å²) >= 11 is 1.65. The molecule has 2 aliphatic rings. The van der Waals surface area contributed by atoms with Crippen LogP contribution in [0.2, 0.25) is 0 Å². The first kappa shape index (κ1) is 17.4. The molecular weight excluding hydrogens is 342 g/mol. The number of hydrogen-bond acceptors (Lipinski definition) is 4. The third-order valence-corrected chi connectivity index (χ3v) is 6.02. The molecule has 4 rings (SSSR count). The number of fused-ring (bicyclic) bond motifs is 1. The quantitative estimate of drug-likeness (QED) is 0.890. The minimum absolute atomic E-state index is 0. The molecule has 0 radical (unpaired) electrons. The summed E-state index contributed by atoms with van der Waals surface area (Å²) in [4.78, 5) is 19.5. The highest BCUT2D eigenvalue weighted by Gasteiger charge is 2.42. The zero-order valence-corrected chi connectivity index (χ0v) is 15.3. The van der Waals surface area contributed by atoms with Crippen molar-refractivity contribution in [2.75, 3.05) is 13.1 Å². The van der Waals surface area contributed by atoms with Gasteiger partial charge in [-0.3, -0.25) is 9.78 Å². The van der Waals surface area contributed by atoms with E-state index in [2.05, 4.69) is 16.4 Å². The molecule has 2 fully saturated rings. The van der Waals surface area contributed by atoms with Crippen LogP contribution >= 0.6 is 23.7 Å². The average Bonchev–Trinajstić information content (AvgIpc) is 3.25. The van der Waals surface area contributed by atoms with Crippen LogP contribution in [0.1, 0.15) is 28.9 Å². The van der Waals surface area contributed by atoms with E-state index in [1.54, 1.807) is 11.3 Å². The van der Waals surface area contributed by atoms with Crippen molar-refractivity contribution in [1.82, 2.24) is 9.88 Å². The number of nitrogens with zero attached hydrogens (tertiary/aromatic N) is 2. The molecule has 1 aliphatic heterocycles. The molecule has 0 bridgehead atoms. The lowest BCUT2D eigenvalue weighted by Crippen LogP contribution is -2.33. The van der Waals surface area contributed by atoms with Gasteiger partial charge in [-0.25, -0.2) is 0 Å². The fourth-order valence-corrected chi connectivity index (χ4v) is 4.65. The van der Waals surface area contributed by atoms with Crippen LogP contribution in [-0.2, 0) is 0 Å². The van der Waals surface area contributed by atoms with E-state index in [9.17, 15) is 4.79 Å². The first-order valence-corrected chi connectivity index (χ1v) is 9.13. The number of halogens is 1. The van der Waals surface area contributed by atoms with Crippen LogP contribution in [0.15, 0.2) is 29.0 Å². The van der Waals surface area contributed by atoms with Gasteiger partial charge in [0, 0.05) is 30.1 Å². The second-order valence-corrected chi connectivity index (χ2v) is 7.50. The fraction of sp³-hybridized carbons (Fsp3) is 0.444. The van der Waals surface area contributed by atoms with Gasteiger partial charge in [0.15, 0.2) is 0 Å². The second-order valence-electron chi connectivity index (χ2n) is 6.72. The Morgan fingerprint density at radius 3 is 2.79 bits per heavy atom. The number of pyridine rings is 1. The average molecular weight is 364 g/mol. The van der Waals surface area contributed by atoms with Gasteiger partial charge in [0.1, 0.15) is 0 Å². The van der Waals surface area contributed by atoms with E-state index in [-0.39, 0.29) is 24.4 Å². The third kappa shape index (κ3) is 2.96. The smallest absolute Gasteiger partial charge is 0.255 e. The van der Waals surface area contributed by atoms with Crippen LogP contribution in [0.25, 0.3) is 11.3 Å². The topological polar surface area (TPSA) is 59.2 Å². The van der Waals surface area contributed by atoms with Crippen molar-refractivity contribution in [1.29, 1.82) is 0 Å². The Kier molecular flexibility index (Phi) is 4.95. The molecule has 2 aromatic rings. The Bertz CT molecular complexity index is 734. The summed E-state index contributed by atoms with van der Waals surface area (Å²) in [6, 6.07) is 6.19. The van der Waals surface area contributed by atoms with E-state index < -0.39 is 0 Å². The van der Waals surface area contributed by atoms with Gasteiger partial charge in [-0.1, -0.05) is 0 Å². The first-order chi connectivity index (χ1) is 11.1. The molecule has 3 heterocycles. The van der Waals surface area contributed by atoms with E-state index in [4.69, 9.17) is 5.73 Å². The maximum atomic E-state index is 12.9. The Hall–Kier alpha value is -1.43. The molecule has 3 atom stereocenters. The van der Waals surface area contributed by atoms with Gasteiger partial charge in [-0.15, -0.1) is 12.4 Å². The number of carbonyl (C=O) groups is 1. The van der Waals surface area contributed by atoms with Crippen molar-refractivity contribution < 1.29 is 4.79 Å². The van der Waals surface area contributed by atoms with Gasteiger partial charge < -0.3 is 10.6 Å². The van der Waals surface area contributed by atoms with Crippen LogP contribution in [0.4, 0.5) is 0 Å². The van der Waals surface area contributed by atoms with Crippen molar-refractivity contribution in [2.24, 2.45) is 17.6 Å². The van der Waals surface area contributed by atoms with Gasteiger partial charge in [0.05, 0.1) is 17.0 Å². The van der Waals surface area contributed by atoms with E-state index in [0.29, 0.717) is 11.8 Å². The zero-order chi connectivity index (χ0) is 16.0. The minimum Gasteiger partial charge on any atom is -0.338 e. The molecule has 24 heavy (non-hydrogen) atoms. The van der Waals surface area contributed by atoms with Crippen LogP contribution in [0.3, 0.4) is 0 Å². The normalized spacial score (nSPS) is 25.4. The summed E-state index contributed by atoms with van der Waals surface area (Å²) < 4.78 is 0. The van der Waals surface area contributed by atoms with Gasteiger partial charge in [0.25, 0.3) is 5.91 Å². The summed E-state index contributed by atoms with van der Waals surface area (Å²) in [5, 5.41) is 4.12. The molecule has 6 heteroatoms. The molecule has 1 aliphatic carbocycles. The SMILES string of the molecule is Cc1nc(-c2ccsc2)ccc1C(=O)N1CC2CCC(N)C2C1.Cl. The largest absolute Gasteiger partial charge is 0.338 e. The van der Waals surface area contributed by atoms with Crippen molar-refractivity contribution in [3.8, 4) is 11.3 Å². The van der Waals surface area contributed by atoms with Crippen LogP contribution < -0.4 is 5.73 Å². The molecule has 4 nitrogen and oxygen atoms in total. The molecule has 1 amide bonds. The molecule has 2 aromatic heterocycles. The number of amides is 1. The number of carbonyl (C=O) groups excluding carboxylic acids is 1. The number of aryl methyl sites for hydroxylation is 1. The number of aromatic nitrogens is 1. The number of rotatable bonds is 2. The van der Waals surface area contributed by atoms with Gasteiger partial charge in [-0.2, -0.15) is 11.3 Å². The number of likely N-dealkylation sites (tertiary alicyclic amines) is 1. The van der Waals surface area contributed by atoms with Gasteiger partial charge in [-0.05, 0) is 55.2 Å². The number of hydrogen-bond donors (Lipinski definition) is 1. The second kappa shape index (κ2) is 6.82. The molecular formula is C18H22ClN3OS. The Balaban J connectivity index is 0.00000169. The predicted molar refractivity (Wildman–Crippen MR) is 99.6 cm³/mol. The summed E-state index contributed by atoms with van der Waals surface area (Å²) in [6.45, 7) is 3.57. The summed E-state index contributed by atoms with van der Waals surface area (Å²) in [5.41, 5.74) is 9.74. The van der Waals surface area contributed by atoms with Crippen molar-refractivity contribution >= 4 is 29.7 Å². The molecule has 1 saturated carbocycles. The molecule has 0 aromatic carbocycles. The van der Waals surface area contributed by atoms with E-state index in [1.807, 2.05) is 29.3 Å². The first-order valence-electron chi connectivity index (χ1n) is 8.18. The highest BCUT2D eigenvalue weighted by molar-refractivity contribution is 7.08.